The van der Waals surface area contributed by atoms with Crippen molar-refractivity contribution in [1.29, 1.82) is 0 Å². The summed E-state index contributed by atoms with van der Waals surface area (Å²) in [5, 5.41) is 5.28. The SMILES string of the molecule is CC(CCNC(=O)c1csc(CN)n1)S(C)=O. The minimum atomic E-state index is -0.848. The average molecular weight is 275 g/mol. The number of amides is 1. The van der Waals surface area contributed by atoms with Crippen LogP contribution in [-0.2, 0) is 17.3 Å². The van der Waals surface area contributed by atoms with Gasteiger partial charge in [0.05, 0.1) is 0 Å². The minimum absolute atomic E-state index is 0.0883. The van der Waals surface area contributed by atoms with Crippen LogP contribution < -0.4 is 11.1 Å². The summed E-state index contributed by atoms with van der Waals surface area (Å²) < 4.78 is 11.1. The predicted octanol–water partition coefficient (Wildman–Crippen LogP) is 0.489. The monoisotopic (exact) mass is 275 g/mol. The van der Waals surface area contributed by atoms with Crippen molar-refractivity contribution in [2.45, 2.75) is 25.1 Å². The van der Waals surface area contributed by atoms with Crippen molar-refractivity contribution in [2.75, 3.05) is 12.8 Å². The van der Waals surface area contributed by atoms with Gasteiger partial charge in [-0.2, -0.15) is 0 Å². The molecule has 0 aliphatic heterocycles. The third-order valence-corrected chi connectivity index (χ3v) is 4.60. The smallest absolute Gasteiger partial charge is 0.270 e. The molecule has 1 heterocycles. The Kier molecular flexibility index (Phi) is 5.73. The number of hydrogen-bond donors (Lipinski definition) is 2. The second kappa shape index (κ2) is 6.83. The molecule has 0 aromatic carbocycles. The third kappa shape index (κ3) is 4.53. The van der Waals surface area contributed by atoms with Gasteiger partial charge in [-0.3, -0.25) is 9.00 Å². The van der Waals surface area contributed by atoms with Crippen LogP contribution in [0.2, 0.25) is 0 Å². The number of thiazole rings is 1. The minimum Gasteiger partial charge on any atom is -0.351 e. The first-order valence-electron chi connectivity index (χ1n) is 5.29. The molecule has 96 valence electrons. The maximum atomic E-state index is 11.6. The lowest BCUT2D eigenvalue weighted by molar-refractivity contribution is 0.0949. The molecule has 3 N–H and O–H groups in total. The zero-order valence-corrected chi connectivity index (χ0v) is 11.6. The summed E-state index contributed by atoms with van der Waals surface area (Å²) in [4.78, 5) is 15.7. The van der Waals surface area contributed by atoms with E-state index in [0.717, 1.165) is 5.01 Å². The Labute approximate surface area is 107 Å². The van der Waals surface area contributed by atoms with Crippen LogP contribution in [0.1, 0.15) is 28.8 Å². The molecule has 5 nitrogen and oxygen atoms in total. The van der Waals surface area contributed by atoms with Gasteiger partial charge in [-0.15, -0.1) is 11.3 Å². The molecule has 1 rings (SSSR count). The maximum Gasteiger partial charge on any atom is 0.270 e. The predicted molar refractivity (Wildman–Crippen MR) is 70.5 cm³/mol. The molecular formula is C10H17N3O2S2. The van der Waals surface area contributed by atoms with Crippen molar-refractivity contribution in [3.63, 3.8) is 0 Å². The first-order valence-corrected chi connectivity index (χ1v) is 7.79. The van der Waals surface area contributed by atoms with Gasteiger partial charge in [0.15, 0.2) is 0 Å². The van der Waals surface area contributed by atoms with Crippen molar-refractivity contribution in [1.82, 2.24) is 10.3 Å². The Morgan fingerprint density at radius 3 is 2.94 bits per heavy atom. The Balaban J connectivity index is 2.37. The van der Waals surface area contributed by atoms with Crippen LogP contribution in [0.3, 0.4) is 0 Å². The fraction of sp³-hybridized carbons (Fsp3) is 0.600. The molecule has 1 aromatic rings. The number of aromatic nitrogens is 1. The molecule has 0 spiro atoms. The van der Waals surface area contributed by atoms with E-state index in [0.29, 0.717) is 25.2 Å². The van der Waals surface area contributed by atoms with Crippen molar-refractivity contribution < 1.29 is 9.00 Å². The number of nitrogens with zero attached hydrogens (tertiary/aromatic N) is 1. The zero-order valence-electron chi connectivity index (χ0n) is 9.93. The van der Waals surface area contributed by atoms with E-state index in [2.05, 4.69) is 10.3 Å². The molecule has 0 aliphatic carbocycles. The van der Waals surface area contributed by atoms with Gasteiger partial charge in [0.2, 0.25) is 0 Å². The van der Waals surface area contributed by atoms with Crippen LogP contribution >= 0.6 is 11.3 Å². The summed E-state index contributed by atoms with van der Waals surface area (Å²) in [6.07, 6.45) is 2.36. The van der Waals surface area contributed by atoms with Crippen molar-refractivity contribution >= 4 is 28.0 Å². The van der Waals surface area contributed by atoms with Gasteiger partial charge in [0.1, 0.15) is 10.7 Å². The summed E-state index contributed by atoms with van der Waals surface area (Å²) in [6, 6.07) is 0. The largest absolute Gasteiger partial charge is 0.351 e. The molecule has 2 atom stereocenters. The second-order valence-corrected chi connectivity index (χ2v) is 6.43. The standard InChI is InChI=1S/C10H17N3O2S2/c1-7(17(2)15)3-4-12-10(14)8-6-16-9(5-11)13-8/h6-7H,3-5,11H2,1-2H3,(H,12,14). The Bertz CT molecular complexity index is 406. The molecule has 1 aromatic heterocycles. The molecule has 0 saturated heterocycles. The summed E-state index contributed by atoms with van der Waals surface area (Å²) in [6.45, 7) is 2.76. The van der Waals surface area contributed by atoms with E-state index < -0.39 is 10.8 Å². The number of carbonyl (C=O) groups is 1. The summed E-state index contributed by atoms with van der Waals surface area (Å²) in [5.74, 6) is -0.199. The Morgan fingerprint density at radius 2 is 2.41 bits per heavy atom. The summed E-state index contributed by atoms with van der Waals surface area (Å²) in [5.41, 5.74) is 5.82. The lowest BCUT2D eigenvalue weighted by Gasteiger charge is -2.08. The number of rotatable bonds is 6. The van der Waals surface area contributed by atoms with Gasteiger partial charge in [0.25, 0.3) is 5.91 Å². The van der Waals surface area contributed by atoms with Crippen LogP contribution in [-0.4, -0.2) is 33.2 Å². The maximum absolute atomic E-state index is 11.6. The van der Waals surface area contributed by atoms with Crippen LogP contribution in [0.15, 0.2) is 5.38 Å². The van der Waals surface area contributed by atoms with E-state index in [1.807, 2.05) is 6.92 Å². The van der Waals surface area contributed by atoms with Crippen LogP contribution in [0.5, 0.6) is 0 Å². The second-order valence-electron chi connectivity index (χ2n) is 3.68. The Morgan fingerprint density at radius 1 is 1.71 bits per heavy atom. The number of nitrogens with two attached hydrogens (primary N) is 1. The van der Waals surface area contributed by atoms with E-state index >= 15 is 0 Å². The van der Waals surface area contributed by atoms with Crippen molar-refractivity contribution in [3.8, 4) is 0 Å². The van der Waals surface area contributed by atoms with Crippen LogP contribution in [0.4, 0.5) is 0 Å². The summed E-state index contributed by atoms with van der Waals surface area (Å²) >= 11 is 1.38. The molecule has 0 saturated carbocycles. The molecule has 0 fully saturated rings. The van der Waals surface area contributed by atoms with E-state index in [4.69, 9.17) is 5.73 Å². The lowest BCUT2D eigenvalue weighted by Crippen LogP contribution is -2.27. The number of hydrogen-bond acceptors (Lipinski definition) is 5. The quantitative estimate of drug-likeness (QED) is 0.791. The van der Waals surface area contributed by atoms with E-state index in [1.54, 1.807) is 11.6 Å². The van der Waals surface area contributed by atoms with Crippen LogP contribution in [0.25, 0.3) is 0 Å². The summed E-state index contributed by atoms with van der Waals surface area (Å²) in [7, 11) is -0.848. The van der Waals surface area contributed by atoms with E-state index in [9.17, 15) is 9.00 Å². The average Bonchev–Trinajstić information content (AvgIpc) is 2.77. The number of nitrogens with one attached hydrogen (secondary N) is 1. The Hall–Kier alpha value is -0.790. The number of carbonyl (C=O) groups excluding carboxylic acids is 1. The van der Waals surface area contributed by atoms with Gasteiger partial charge < -0.3 is 11.1 Å². The van der Waals surface area contributed by atoms with Crippen molar-refractivity contribution in [3.05, 3.63) is 16.1 Å². The highest BCUT2D eigenvalue weighted by Crippen LogP contribution is 2.08. The van der Waals surface area contributed by atoms with Gasteiger partial charge in [-0.1, -0.05) is 6.92 Å². The van der Waals surface area contributed by atoms with Crippen molar-refractivity contribution in [2.24, 2.45) is 5.73 Å². The third-order valence-electron chi connectivity index (χ3n) is 2.36. The fourth-order valence-electron chi connectivity index (χ4n) is 1.15. The first kappa shape index (κ1) is 14.3. The topological polar surface area (TPSA) is 85.1 Å². The fourth-order valence-corrected chi connectivity index (χ4v) is 2.26. The molecular weight excluding hydrogens is 258 g/mol. The highest BCUT2D eigenvalue weighted by Gasteiger charge is 2.11. The van der Waals surface area contributed by atoms with Crippen LogP contribution in [0, 0.1) is 0 Å². The highest BCUT2D eigenvalue weighted by atomic mass is 32.2. The van der Waals surface area contributed by atoms with Gasteiger partial charge in [-0.05, 0) is 6.42 Å². The molecule has 7 heteroatoms. The van der Waals surface area contributed by atoms with Gasteiger partial charge in [-0.25, -0.2) is 4.98 Å². The molecule has 0 radical (unpaired) electrons. The van der Waals surface area contributed by atoms with Gasteiger partial charge >= 0.3 is 0 Å². The molecule has 17 heavy (non-hydrogen) atoms. The van der Waals surface area contributed by atoms with Gasteiger partial charge in [0, 0.05) is 40.8 Å². The molecule has 1 amide bonds. The van der Waals surface area contributed by atoms with E-state index in [-0.39, 0.29) is 11.2 Å². The molecule has 0 aliphatic rings. The zero-order chi connectivity index (χ0) is 12.8. The van der Waals surface area contributed by atoms with E-state index in [1.165, 1.54) is 11.3 Å². The lowest BCUT2D eigenvalue weighted by atomic mass is 10.3. The normalized spacial score (nSPS) is 14.3. The highest BCUT2D eigenvalue weighted by molar-refractivity contribution is 7.84. The first-order chi connectivity index (χ1) is 8.04. The molecule has 2 unspecified atom stereocenters. The molecule has 0 bridgehead atoms.